The highest BCUT2D eigenvalue weighted by Crippen LogP contribution is 2.33. The Hall–Kier alpha value is -0.0400. The molecule has 1 rings (SSSR count). The first kappa shape index (κ1) is 13.0. The second kappa shape index (κ2) is 6.52. The molecule has 0 bridgehead atoms. The molecule has 1 aliphatic rings. The van der Waals surface area contributed by atoms with Gasteiger partial charge in [0.1, 0.15) is 0 Å². The average Bonchev–Trinajstić information content (AvgIpc) is 2.16. The van der Waals surface area contributed by atoms with Crippen molar-refractivity contribution < 1.29 is 0 Å². The maximum absolute atomic E-state index is 3.65. The van der Waals surface area contributed by atoms with Gasteiger partial charge in [0.05, 0.1) is 0 Å². The number of rotatable bonds is 5. The summed E-state index contributed by atoms with van der Waals surface area (Å²) in [5, 5.41) is 3.65. The summed E-state index contributed by atoms with van der Waals surface area (Å²) in [6, 6.07) is 1.46. The Balaban J connectivity index is 2.49. The van der Waals surface area contributed by atoms with Gasteiger partial charge in [-0.3, -0.25) is 0 Å². The Morgan fingerprint density at radius 1 is 1.00 bits per heavy atom. The highest BCUT2D eigenvalue weighted by atomic mass is 15.0. The molecular formula is C14H29N. The number of hydrogen-bond acceptors (Lipinski definition) is 1. The molecule has 0 saturated carbocycles. The third-order valence-electron chi connectivity index (χ3n) is 3.87. The van der Waals surface area contributed by atoms with Crippen molar-refractivity contribution in [3.8, 4) is 0 Å². The molecule has 0 aromatic rings. The molecule has 0 aromatic carbocycles. The first-order chi connectivity index (χ1) is 7.17. The van der Waals surface area contributed by atoms with E-state index in [9.17, 15) is 0 Å². The lowest BCUT2D eigenvalue weighted by Crippen LogP contribution is -2.44. The molecule has 1 heterocycles. The second-order valence-corrected chi connectivity index (χ2v) is 5.54. The van der Waals surface area contributed by atoms with Gasteiger partial charge in [-0.15, -0.1) is 0 Å². The first-order valence-corrected chi connectivity index (χ1v) is 6.93. The maximum atomic E-state index is 3.65. The molecule has 0 aromatic heterocycles. The molecule has 0 aliphatic carbocycles. The summed E-state index contributed by atoms with van der Waals surface area (Å²) >= 11 is 0. The smallest absolute Gasteiger partial charge is 0.00439 e. The van der Waals surface area contributed by atoms with Gasteiger partial charge in [-0.2, -0.15) is 0 Å². The summed E-state index contributed by atoms with van der Waals surface area (Å²) in [4.78, 5) is 0. The normalized spacial score (nSPS) is 32.2. The van der Waals surface area contributed by atoms with E-state index in [2.05, 4.69) is 33.0 Å². The Morgan fingerprint density at radius 3 is 1.87 bits per heavy atom. The van der Waals surface area contributed by atoms with Crippen molar-refractivity contribution in [3.63, 3.8) is 0 Å². The minimum absolute atomic E-state index is 0.731. The molecule has 1 heteroatoms. The fraction of sp³-hybridized carbons (Fsp3) is 1.00. The van der Waals surface area contributed by atoms with Gasteiger partial charge in [0, 0.05) is 12.1 Å². The average molecular weight is 211 g/mol. The number of piperidine rings is 1. The van der Waals surface area contributed by atoms with Crippen molar-refractivity contribution in [2.75, 3.05) is 0 Å². The van der Waals surface area contributed by atoms with Crippen molar-refractivity contribution in [1.29, 1.82) is 0 Å². The largest absolute Gasteiger partial charge is 0.312 e. The molecule has 2 unspecified atom stereocenters. The Bertz CT molecular complexity index is 151. The van der Waals surface area contributed by atoms with Gasteiger partial charge in [-0.05, 0) is 38.5 Å². The molecule has 1 saturated heterocycles. The predicted octanol–water partition coefficient (Wildman–Crippen LogP) is 3.98. The molecular weight excluding hydrogens is 182 g/mol. The van der Waals surface area contributed by atoms with Crippen molar-refractivity contribution >= 4 is 0 Å². The molecule has 0 amide bonds. The highest BCUT2D eigenvalue weighted by molar-refractivity contribution is 4.84. The summed E-state index contributed by atoms with van der Waals surface area (Å²) < 4.78 is 0. The van der Waals surface area contributed by atoms with Crippen LogP contribution in [0.25, 0.3) is 0 Å². The molecule has 1 aliphatic heterocycles. The summed E-state index contributed by atoms with van der Waals surface area (Å²) in [6.07, 6.45) is 8.40. The summed E-state index contributed by atoms with van der Waals surface area (Å²) in [5.74, 6) is 1.98. The number of hydrogen-bond donors (Lipinski definition) is 1. The van der Waals surface area contributed by atoms with Gasteiger partial charge in [0.15, 0.2) is 0 Å². The van der Waals surface area contributed by atoms with Crippen LogP contribution >= 0.6 is 0 Å². The van der Waals surface area contributed by atoms with Crippen LogP contribution in [-0.4, -0.2) is 12.1 Å². The molecule has 2 atom stereocenters. The summed E-state index contributed by atoms with van der Waals surface area (Å²) in [6.45, 7) is 9.35. The monoisotopic (exact) mass is 211 g/mol. The summed E-state index contributed by atoms with van der Waals surface area (Å²) in [7, 11) is 0. The lowest BCUT2D eigenvalue weighted by atomic mass is 9.76. The third-order valence-corrected chi connectivity index (χ3v) is 3.87. The molecule has 1 nitrogen and oxygen atoms in total. The van der Waals surface area contributed by atoms with Crippen LogP contribution in [0.1, 0.15) is 66.2 Å². The lowest BCUT2D eigenvalue weighted by Gasteiger charge is -2.37. The van der Waals surface area contributed by atoms with Gasteiger partial charge in [-0.25, -0.2) is 0 Å². The Labute approximate surface area is 96.0 Å². The van der Waals surface area contributed by atoms with Crippen LogP contribution in [0, 0.1) is 11.8 Å². The van der Waals surface area contributed by atoms with Gasteiger partial charge < -0.3 is 5.32 Å². The minimum atomic E-state index is 0.731. The minimum Gasteiger partial charge on any atom is -0.312 e. The molecule has 1 fully saturated rings. The molecule has 15 heavy (non-hydrogen) atoms. The van der Waals surface area contributed by atoms with Crippen molar-refractivity contribution in [2.24, 2.45) is 11.8 Å². The molecule has 0 spiro atoms. The lowest BCUT2D eigenvalue weighted by molar-refractivity contribution is 0.176. The molecule has 0 radical (unpaired) electrons. The second-order valence-electron chi connectivity index (χ2n) is 5.54. The van der Waals surface area contributed by atoms with E-state index in [1.807, 2.05) is 0 Å². The van der Waals surface area contributed by atoms with E-state index in [4.69, 9.17) is 0 Å². The van der Waals surface area contributed by atoms with Crippen LogP contribution in [-0.2, 0) is 0 Å². The highest BCUT2D eigenvalue weighted by Gasteiger charge is 2.28. The zero-order valence-corrected chi connectivity index (χ0v) is 11.1. The van der Waals surface area contributed by atoms with E-state index in [1.165, 1.54) is 38.5 Å². The van der Waals surface area contributed by atoms with Crippen LogP contribution in [0.15, 0.2) is 0 Å². The van der Waals surface area contributed by atoms with Gasteiger partial charge in [-0.1, -0.05) is 39.5 Å². The van der Waals surface area contributed by atoms with E-state index in [-0.39, 0.29) is 0 Å². The Morgan fingerprint density at radius 2 is 1.47 bits per heavy atom. The SMILES string of the molecule is CCCC(CCC)C1CC(C)NC(C)C1. The van der Waals surface area contributed by atoms with Crippen LogP contribution in [0.2, 0.25) is 0 Å². The zero-order valence-electron chi connectivity index (χ0n) is 11.1. The van der Waals surface area contributed by atoms with E-state index in [0.717, 1.165) is 23.9 Å². The molecule has 90 valence electrons. The Kier molecular flexibility index (Phi) is 5.66. The zero-order chi connectivity index (χ0) is 11.3. The van der Waals surface area contributed by atoms with Gasteiger partial charge >= 0.3 is 0 Å². The standard InChI is InChI=1S/C14H29N/c1-5-7-13(8-6-2)14-9-11(3)15-12(4)10-14/h11-15H,5-10H2,1-4H3. The van der Waals surface area contributed by atoms with Crippen molar-refractivity contribution in [2.45, 2.75) is 78.3 Å². The van der Waals surface area contributed by atoms with Gasteiger partial charge in [0.2, 0.25) is 0 Å². The fourth-order valence-electron chi connectivity index (χ4n) is 3.37. The molecule has 1 N–H and O–H groups in total. The van der Waals surface area contributed by atoms with E-state index in [1.54, 1.807) is 0 Å². The van der Waals surface area contributed by atoms with E-state index < -0.39 is 0 Å². The summed E-state index contributed by atoms with van der Waals surface area (Å²) in [5.41, 5.74) is 0. The fourth-order valence-corrected chi connectivity index (χ4v) is 3.37. The van der Waals surface area contributed by atoms with E-state index >= 15 is 0 Å². The van der Waals surface area contributed by atoms with Crippen molar-refractivity contribution in [1.82, 2.24) is 5.32 Å². The van der Waals surface area contributed by atoms with Crippen LogP contribution in [0.4, 0.5) is 0 Å². The number of nitrogens with one attached hydrogen (secondary N) is 1. The van der Waals surface area contributed by atoms with Crippen LogP contribution in [0.5, 0.6) is 0 Å². The first-order valence-electron chi connectivity index (χ1n) is 6.93. The van der Waals surface area contributed by atoms with Crippen LogP contribution in [0.3, 0.4) is 0 Å². The predicted molar refractivity (Wildman–Crippen MR) is 68.1 cm³/mol. The maximum Gasteiger partial charge on any atom is 0.00439 e. The van der Waals surface area contributed by atoms with Gasteiger partial charge in [0.25, 0.3) is 0 Å². The van der Waals surface area contributed by atoms with Crippen LogP contribution < -0.4 is 5.32 Å². The van der Waals surface area contributed by atoms with Crippen molar-refractivity contribution in [3.05, 3.63) is 0 Å². The van der Waals surface area contributed by atoms with E-state index in [0.29, 0.717) is 0 Å². The topological polar surface area (TPSA) is 12.0 Å². The quantitative estimate of drug-likeness (QED) is 0.725. The third kappa shape index (κ3) is 4.14.